The zero-order valence-corrected chi connectivity index (χ0v) is 17.5. The Bertz CT molecular complexity index is 1070. The summed E-state index contributed by atoms with van der Waals surface area (Å²) >= 11 is 0. The van der Waals surface area contributed by atoms with Crippen molar-refractivity contribution in [1.82, 2.24) is 4.83 Å². The van der Waals surface area contributed by atoms with E-state index in [4.69, 9.17) is 9.47 Å². The highest BCUT2D eigenvalue weighted by Crippen LogP contribution is 2.29. The average Bonchev–Trinajstić information content (AvgIpc) is 2.73. The monoisotopic (exact) mass is 412 g/mol. The zero-order chi connectivity index (χ0) is 20.9. The van der Waals surface area contributed by atoms with E-state index in [0.29, 0.717) is 23.6 Å². The van der Waals surface area contributed by atoms with Gasteiger partial charge in [0.15, 0.2) is 11.5 Å². The lowest BCUT2D eigenvalue weighted by molar-refractivity contribution is 0.355. The third-order valence-electron chi connectivity index (χ3n) is 4.54. The molecule has 1 aliphatic rings. The van der Waals surface area contributed by atoms with Crippen molar-refractivity contribution in [2.45, 2.75) is 24.7 Å². The lowest BCUT2D eigenvalue weighted by Gasteiger charge is -2.13. The lowest BCUT2D eigenvalue weighted by Crippen LogP contribution is -2.21. The second-order valence-corrected chi connectivity index (χ2v) is 8.28. The van der Waals surface area contributed by atoms with Gasteiger partial charge in [-0.2, -0.15) is 18.4 Å². The first-order valence-corrected chi connectivity index (χ1v) is 10.7. The minimum Gasteiger partial charge on any atom is -0.493 e. The van der Waals surface area contributed by atoms with E-state index in [1.165, 1.54) is 0 Å². The molecule has 29 heavy (non-hydrogen) atoms. The van der Waals surface area contributed by atoms with Crippen LogP contribution in [-0.2, 0) is 10.0 Å². The van der Waals surface area contributed by atoms with Gasteiger partial charge in [0.25, 0.3) is 10.0 Å². The van der Waals surface area contributed by atoms with Gasteiger partial charge in [-0.15, -0.1) is 0 Å². The highest BCUT2D eigenvalue weighted by Gasteiger charge is 2.15. The zero-order valence-electron chi connectivity index (χ0n) is 16.7. The standard InChI is InChI=1S/C22H24N2O4S/c1-16-8-11-19(12-9-16)29(25,26)24-23-20-7-5-4-6-18(20)14-17-10-13-21(27-2)22(15-17)28-3/h4,6,8-15,24H,5,7H2,1-3H3/b18-14+,23-20+. The van der Waals surface area contributed by atoms with Gasteiger partial charge < -0.3 is 9.47 Å². The molecule has 6 nitrogen and oxygen atoms in total. The van der Waals surface area contributed by atoms with Crippen molar-refractivity contribution in [2.24, 2.45) is 5.10 Å². The van der Waals surface area contributed by atoms with Crippen LogP contribution in [0.1, 0.15) is 24.0 Å². The maximum atomic E-state index is 12.5. The molecule has 0 heterocycles. The number of rotatable bonds is 6. The van der Waals surface area contributed by atoms with Crippen molar-refractivity contribution in [2.75, 3.05) is 14.2 Å². The van der Waals surface area contributed by atoms with E-state index in [0.717, 1.165) is 23.1 Å². The van der Waals surface area contributed by atoms with Crippen molar-refractivity contribution >= 4 is 21.8 Å². The van der Waals surface area contributed by atoms with E-state index < -0.39 is 10.0 Å². The molecular formula is C22H24N2O4S. The molecule has 0 radical (unpaired) electrons. The van der Waals surface area contributed by atoms with Crippen molar-refractivity contribution in [3.05, 3.63) is 71.3 Å². The number of sulfonamides is 1. The molecule has 0 saturated carbocycles. The predicted molar refractivity (Wildman–Crippen MR) is 115 cm³/mol. The third kappa shape index (κ3) is 5.06. The highest BCUT2D eigenvalue weighted by molar-refractivity contribution is 7.89. The summed E-state index contributed by atoms with van der Waals surface area (Å²) < 4.78 is 35.7. The van der Waals surface area contributed by atoms with Crippen molar-refractivity contribution in [3.63, 3.8) is 0 Å². The molecule has 0 atom stereocenters. The van der Waals surface area contributed by atoms with Crippen LogP contribution < -0.4 is 14.3 Å². The number of aryl methyl sites for hydroxylation is 1. The van der Waals surface area contributed by atoms with Crippen LogP contribution in [0.5, 0.6) is 11.5 Å². The highest BCUT2D eigenvalue weighted by atomic mass is 32.2. The van der Waals surface area contributed by atoms with Crippen LogP contribution in [0.4, 0.5) is 0 Å². The molecule has 0 fully saturated rings. The van der Waals surface area contributed by atoms with E-state index in [1.807, 2.05) is 43.4 Å². The van der Waals surface area contributed by atoms with Gasteiger partial charge in [0.2, 0.25) is 0 Å². The summed E-state index contributed by atoms with van der Waals surface area (Å²) in [6.07, 6.45) is 7.37. The topological polar surface area (TPSA) is 77.0 Å². The minimum atomic E-state index is -3.72. The normalized spacial score (nSPS) is 16.8. The summed E-state index contributed by atoms with van der Waals surface area (Å²) in [7, 11) is -0.544. The fourth-order valence-corrected chi connectivity index (χ4v) is 3.76. The molecule has 0 aliphatic heterocycles. The Kier molecular flexibility index (Phi) is 6.39. The van der Waals surface area contributed by atoms with Crippen LogP contribution in [0.15, 0.2) is 70.2 Å². The fraction of sp³-hybridized carbons (Fsp3) is 0.227. The quantitative estimate of drug-likeness (QED) is 0.726. The van der Waals surface area contributed by atoms with Crippen molar-refractivity contribution in [1.29, 1.82) is 0 Å². The van der Waals surface area contributed by atoms with E-state index >= 15 is 0 Å². The number of hydrogen-bond donors (Lipinski definition) is 1. The van der Waals surface area contributed by atoms with Crippen LogP contribution in [0.25, 0.3) is 6.08 Å². The SMILES string of the molecule is COc1ccc(/C=C2\C=CCC\C2=N/NS(=O)(=O)c2ccc(C)cc2)cc1OC. The largest absolute Gasteiger partial charge is 0.493 e. The number of hydrogen-bond acceptors (Lipinski definition) is 5. The Hall–Kier alpha value is -3.06. The molecule has 2 aromatic rings. The maximum Gasteiger partial charge on any atom is 0.276 e. The van der Waals surface area contributed by atoms with Crippen LogP contribution >= 0.6 is 0 Å². The Balaban J connectivity index is 1.87. The molecule has 1 N–H and O–H groups in total. The second kappa shape index (κ2) is 8.96. The maximum absolute atomic E-state index is 12.5. The molecule has 1 aliphatic carbocycles. The average molecular weight is 413 g/mol. The summed E-state index contributed by atoms with van der Waals surface area (Å²) in [5.41, 5.74) is 3.42. The van der Waals surface area contributed by atoms with Crippen molar-refractivity contribution < 1.29 is 17.9 Å². The van der Waals surface area contributed by atoms with Crippen LogP contribution in [0.2, 0.25) is 0 Å². The molecule has 3 rings (SSSR count). The Morgan fingerprint density at radius 1 is 1.03 bits per heavy atom. The minimum absolute atomic E-state index is 0.184. The number of methoxy groups -OCH3 is 2. The van der Waals surface area contributed by atoms with Gasteiger partial charge in [-0.05, 0) is 61.2 Å². The lowest BCUT2D eigenvalue weighted by atomic mass is 9.97. The summed E-state index contributed by atoms with van der Waals surface area (Å²) in [5, 5.41) is 4.21. The van der Waals surface area contributed by atoms with E-state index in [2.05, 4.69) is 9.93 Å². The molecule has 152 valence electrons. The van der Waals surface area contributed by atoms with Gasteiger partial charge in [0.1, 0.15) is 0 Å². The van der Waals surface area contributed by atoms with E-state index in [1.54, 1.807) is 38.5 Å². The summed E-state index contributed by atoms with van der Waals surface area (Å²) in [6.45, 7) is 1.91. The number of allylic oxidation sites excluding steroid dienone is 3. The van der Waals surface area contributed by atoms with Crippen molar-refractivity contribution in [3.8, 4) is 11.5 Å². The number of hydrazone groups is 1. The van der Waals surface area contributed by atoms with Gasteiger partial charge >= 0.3 is 0 Å². The molecule has 0 saturated heterocycles. The molecular weight excluding hydrogens is 388 g/mol. The molecule has 2 aromatic carbocycles. The number of nitrogens with zero attached hydrogens (tertiary/aromatic N) is 1. The number of ether oxygens (including phenoxy) is 2. The fourth-order valence-electron chi connectivity index (χ4n) is 2.93. The number of benzene rings is 2. The van der Waals surface area contributed by atoms with Gasteiger partial charge in [-0.1, -0.05) is 35.9 Å². The van der Waals surface area contributed by atoms with Crippen LogP contribution in [0.3, 0.4) is 0 Å². The van der Waals surface area contributed by atoms with Gasteiger partial charge in [-0.3, -0.25) is 0 Å². The molecule has 0 unspecified atom stereocenters. The van der Waals surface area contributed by atoms with Crippen LogP contribution in [0, 0.1) is 6.92 Å². The summed E-state index contributed by atoms with van der Waals surface area (Å²) in [4.78, 5) is 2.55. The number of nitrogens with one attached hydrogen (secondary N) is 1. The molecule has 7 heteroatoms. The molecule has 0 spiro atoms. The molecule has 0 amide bonds. The first-order chi connectivity index (χ1) is 13.9. The van der Waals surface area contributed by atoms with Gasteiger partial charge in [0.05, 0.1) is 24.8 Å². The Labute approximate surface area is 171 Å². The first-order valence-electron chi connectivity index (χ1n) is 9.18. The van der Waals surface area contributed by atoms with E-state index in [9.17, 15) is 8.42 Å². The van der Waals surface area contributed by atoms with Gasteiger partial charge in [0, 0.05) is 0 Å². The summed E-state index contributed by atoms with van der Waals surface area (Å²) in [6, 6.07) is 12.3. The predicted octanol–water partition coefficient (Wildman–Crippen LogP) is 4.08. The van der Waals surface area contributed by atoms with E-state index in [-0.39, 0.29) is 4.90 Å². The third-order valence-corrected chi connectivity index (χ3v) is 5.76. The summed E-state index contributed by atoms with van der Waals surface area (Å²) in [5.74, 6) is 1.27. The van der Waals surface area contributed by atoms with Gasteiger partial charge in [-0.25, -0.2) is 0 Å². The smallest absolute Gasteiger partial charge is 0.276 e. The molecule has 0 bridgehead atoms. The molecule has 0 aromatic heterocycles. The Morgan fingerprint density at radius 2 is 1.76 bits per heavy atom. The Morgan fingerprint density at radius 3 is 2.45 bits per heavy atom. The first kappa shape index (κ1) is 20.7. The second-order valence-electron chi connectivity index (χ2n) is 6.62. The van der Waals surface area contributed by atoms with Crippen LogP contribution in [-0.4, -0.2) is 28.3 Å².